The molecule has 0 aliphatic rings. The molecular formula is C20H24N2O4. The topological polar surface area (TPSA) is 67.9 Å². The predicted octanol–water partition coefficient (Wildman–Crippen LogP) is 2.80. The second kappa shape index (κ2) is 8.89. The summed E-state index contributed by atoms with van der Waals surface area (Å²) in [7, 11) is 3.03. The molecule has 6 heteroatoms. The molecule has 0 fully saturated rings. The van der Waals surface area contributed by atoms with E-state index < -0.39 is 0 Å². The fraction of sp³-hybridized carbons (Fsp3) is 0.300. The van der Waals surface area contributed by atoms with E-state index in [1.807, 2.05) is 38.1 Å². The molecule has 0 atom stereocenters. The molecule has 0 heterocycles. The Morgan fingerprint density at radius 3 is 2.23 bits per heavy atom. The summed E-state index contributed by atoms with van der Waals surface area (Å²) in [6.45, 7) is 4.29. The molecule has 0 aliphatic heterocycles. The number of ether oxygens (including phenoxy) is 2. The van der Waals surface area contributed by atoms with E-state index in [2.05, 4.69) is 5.32 Å². The number of hydrogen-bond acceptors (Lipinski definition) is 4. The number of carbonyl (C=O) groups excluding carboxylic acids is 2. The van der Waals surface area contributed by atoms with E-state index in [0.717, 1.165) is 11.3 Å². The van der Waals surface area contributed by atoms with Crippen molar-refractivity contribution in [3.63, 3.8) is 0 Å². The van der Waals surface area contributed by atoms with Gasteiger partial charge in [0, 0.05) is 23.9 Å². The summed E-state index contributed by atoms with van der Waals surface area (Å²) >= 11 is 0. The summed E-state index contributed by atoms with van der Waals surface area (Å²) in [5, 5.41) is 2.66. The van der Waals surface area contributed by atoms with Crippen molar-refractivity contribution in [1.82, 2.24) is 5.32 Å². The molecule has 0 saturated carbocycles. The zero-order valence-corrected chi connectivity index (χ0v) is 15.5. The van der Waals surface area contributed by atoms with E-state index in [0.29, 0.717) is 23.6 Å². The number of rotatable bonds is 7. The molecule has 6 nitrogen and oxygen atoms in total. The van der Waals surface area contributed by atoms with E-state index in [-0.39, 0.29) is 18.4 Å². The Balaban J connectivity index is 2.07. The van der Waals surface area contributed by atoms with Crippen molar-refractivity contribution in [3.05, 3.63) is 53.6 Å². The van der Waals surface area contributed by atoms with Gasteiger partial charge >= 0.3 is 0 Å². The molecular weight excluding hydrogens is 332 g/mol. The van der Waals surface area contributed by atoms with Crippen molar-refractivity contribution in [1.29, 1.82) is 0 Å². The van der Waals surface area contributed by atoms with Gasteiger partial charge in [0.15, 0.2) is 0 Å². The molecule has 0 aromatic heterocycles. The third kappa shape index (κ3) is 4.75. The predicted molar refractivity (Wildman–Crippen MR) is 101 cm³/mol. The average Bonchev–Trinajstić information content (AvgIpc) is 2.66. The van der Waals surface area contributed by atoms with Gasteiger partial charge in [0.05, 0.1) is 20.8 Å². The monoisotopic (exact) mass is 356 g/mol. The molecule has 2 aromatic carbocycles. The Labute approximate surface area is 153 Å². The highest BCUT2D eigenvalue weighted by atomic mass is 16.5. The normalized spacial score (nSPS) is 10.2. The fourth-order valence-electron chi connectivity index (χ4n) is 2.59. The average molecular weight is 356 g/mol. The molecule has 2 rings (SSSR count). The molecule has 0 aliphatic carbocycles. The lowest BCUT2D eigenvalue weighted by Gasteiger charge is -2.21. The molecule has 0 radical (unpaired) electrons. The second-order valence-corrected chi connectivity index (χ2v) is 5.76. The number of aryl methyl sites for hydroxylation is 1. The van der Waals surface area contributed by atoms with Crippen LogP contribution in [0, 0.1) is 6.92 Å². The number of anilines is 1. The number of benzene rings is 2. The van der Waals surface area contributed by atoms with Gasteiger partial charge in [-0.15, -0.1) is 0 Å². The van der Waals surface area contributed by atoms with Crippen molar-refractivity contribution in [3.8, 4) is 11.5 Å². The highest BCUT2D eigenvalue weighted by Gasteiger charge is 2.16. The van der Waals surface area contributed by atoms with Crippen molar-refractivity contribution in [2.45, 2.75) is 13.8 Å². The number of nitrogens with zero attached hydrogens (tertiary/aromatic N) is 1. The Hall–Kier alpha value is -3.02. The summed E-state index contributed by atoms with van der Waals surface area (Å²) in [6.07, 6.45) is 0. The van der Waals surface area contributed by atoms with Crippen molar-refractivity contribution >= 4 is 17.5 Å². The SMILES string of the molecule is CCN(C(=O)CNC(=O)c1cc(OC)cc(OC)c1)c1cccc(C)c1. The van der Waals surface area contributed by atoms with Crippen molar-refractivity contribution < 1.29 is 19.1 Å². The minimum absolute atomic E-state index is 0.0971. The van der Waals surface area contributed by atoms with Gasteiger partial charge < -0.3 is 19.7 Å². The highest BCUT2D eigenvalue weighted by Crippen LogP contribution is 2.22. The molecule has 138 valence electrons. The Morgan fingerprint density at radius 2 is 1.69 bits per heavy atom. The number of likely N-dealkylation sites (N-methyl/N-ethyl adjacent to an activating group) is 1. The lowest BCUT2D eigenvalue weighted by atomic mass is 10.2. The van der Waals surface area contributed by atoms with Crippen molar-refractivity contribution in [2.24, 2.45) is 0 Å². The molecule has 0 bridgehead atoms. The smallest absolute Gasteiger partial charge is 0.251 e. The third-order valence-electron chi connectivity index (χ3n) is 3.94. The quantitative estimate of drug-likeness (QED) is 0.828. The van der Waals surface area contributed by atoms with Crippen LogP contribution in [-0.2, 0) is 4.79 Å². The third-order valence-corrected chi connectivity index (χ3v) is 3.94. The maximum atomic E-state index is 12.5. The van der Waals surface area contributed by atoms with Crippen molar-refractivity contribution in [2.75, 3.05) is 32.2 Å². The number of nitrogens with one attached hydrogen (secondary N) is 1. The van der Waals surface area contributed by atoms with Crippen LogP contribution >= 0.6 is 0 Å². The van der Waals surface area contributed by atoms with Crippen LogP contribution in [0.15, 0.2) is 42.5 Å². The van der Waals surface area contributed by atoms with Crippen LogP contribution in [0.4, 0.5) is 5.69 Å². The van der Waals surface area contributed by atoms with Gasteiger partial charge in [-0.2, -0.15) is 0 Å². The van der Waals surface area contributed by atoms with E-state index in [4.69, 9.17) is 9.47 Å². The van der Waals surface area contributed by atoms with Crippen LogP contribution in [0.3, 0.4) is 0 Å². The Morgan fingerprint density at radius 1 is 1.04 bits per heavy atom. The van der Waals surface area contributed by atoms with Crippen LogP contribution in [0.1, 0.15) is 22.8 Å². The molecule has 1 N–H and O–H groups in total. The minimum Gasteiger partial charge on any atom is -0.497 e. The number of hydrogen-bond donors (Lipinski definition) is 1. The van der Waals surface area contributed by atoms with E-state index >= 15 is 0 Å². The van der Waals surface area contributed by atoms with Gasteiger partial charge in [-0.3, -0.25) is 9.59 Å². The van der Waals surface area contributed by atoms with E-state index in [1.165, 1.54) is 14.2 Å². The Kier molecular flexibility index (Phi) is 6.60. The first-order valence-electron chi connectivity index (χ1n) is 8.36. The summed E-state index contributed by atoms with van der Waals surface area (Å²) in [5.74, 6) is 0.476. The van der Waals surface area contributed by atoms with Gasteiger partial charge in [0.25, 0.3) is 5.91 Å². The molecule has 0 spiro atoms. The first-order chi connectivity index (χ1) is 12.5. The van der Waals surface area contributed by atoms with Crippen LogP contribution in [0.25, 0.3) is 0 Å². The number of methoxy groups -OCH3 is 2. The van der Waals surface area contributed by atoms with Crippen LogP contribution in [0.5, 0.6) is 11.5 Å². The standard InChI is InChI=1S/C20H24N2O4/c1-5-22(16-8-6-7-14(2)9-16)19(23)13-21-20(24)15-10-17(25-3)12-18(11-15)26-4/h6-12H,5,13H2,1-4H3,(H,21,24). The zero-order valence-electron chi connectivity index (χ0n) is 15.5. The highest BCUT2D eigenvalue weighted by molar-refractivity contribution is 6.00. The van der Waals surface area contributed by atoms with Gasteiger partial charge in [-0.25, -0.2) is 0 Å². The largest absolute Gasteiger partial charge is 0.497 e. The Bertz CT molecular complexity index is 767. The molecule has 0 unspecified atom stereocenters. The van der Waals surface area contributed by atoms with Crippen LogP contribution < -0.4 is 19.7 Å². The summed E-state index contributed by atoms with van der Waals surface area (Å²) < 4.78 is 10.3. The first-order valence-corrected chi connectivity index (χ1v) is 8.36. The lowest BCUT2D eigenvalue weighted by molar-refractivity contribution is -0.117. The maximum Gasteiger partial charge on any atom is 0.251 e. The van der Waals surface area contributed by atoms with Gasteiger partial charge in [0.2, 0.25) is 5.91 Å². The minimum atomic E-state index is -0.365. The number of carbonyl (C=O) groups is 2. The lowest BCUT2D eigenvalue weighted by Crippen LogP contribution is -2.40. The van der Waals surface area contributed by atoms with Crippen LogP contribution in [0.2, 0.25) is 0 Å². The molecule has 0 saturated heterocycles. The first kappa shape index (κ1) is 19.3. The summed E-state index contributed by atoms with van der Waals surface area (Å²) in [5.41, 5.74) is 2.25. The summed E-state index contributed by atoms with van der Waals surface area (Å²) in [4.78, 5) is 26.6. The van der Waals surface area contributed by atoms with E-state index in [9.17, 15) is 9.59 Å². The van der Waals surface area contributed by atoms with Crippen LogP contribution in [-0.4, -0.2) is 39.1 Å². The van der Waals surface area contributed by atoms with Gasteiger partial charge in [-0.05, 0) is 43.7 Å². The second-order valence-electron chi connectivity index (χ2n) is 5.76. The zero-order chi connectivity index (χ0) is 19.1. The number of amides is 2. The molecule has 26 heavy (non-hydrogen) atoms. The molecule has 2 amide bonds. The van der Waals surface area contributed by atoms with Gasteiger partial charge in [-0.1, -0.05) is 12.1 Å². The summed E-state index contributed by atoms with van der Waals surface area (Å²) in [6, 6.07) is 12.6. The maximum absolute atomic E-state index is 12.5. The van der Waals surface area contributed by atoms with E-state index in [1.54, 1.807) is 23.1 Å². The van der Waals surface area contributed by atoms with Gasteiger partial charge in [0.1, 0.15) is 11.5 Å². The molecule has 2 aromatic rings. The fourth-order valence-corrected chi connectivity index (χ4v) is 2.59.